The number of para-hydroxylation sites is 1. The van der Waals surface area contributed by atoms with Crippen molar-refractivity contribution in [1.29, 1.82) is 0 Å². The first-order valence-electron chi connectivity index (χ1n) is 5.84. The number of fused-ring (bicyclic) bond motifs is 1. The Morgan fingerprint density at radius 1 is 1.33 bits per heavy atom. The van der Waals surface area contributed by atoms with Crippen LogP contribution >= 0.6 is 0 Å². The van der Waals surface area contributed by atoms with E-state index in [1.807, 2.05) is 24.3 Å². The first kappa shape index (κ1) is 12.5. The summed E-state index contributed by atoms with van der Waals surface area (Å²) < 4.78 is 0. The van der Waals surface area contributed by atoms with E-state index < -0.39 is 18.0 Å². The average Bonchev–Trinajstić information content (AvgIpc) is 2.37. The highest BCUT2D eigenvalue weighted by Gasteiger charge is 2.19. The molecule has 2 N–H and O–H groups in total. The number of carboxylic acids is 1. The molecule has 0 saturated carbocycles. The maximum atomic E-state index is 10.8. The molecular weight excluding hydrogens is 230 g/mol. The average molecular weight is 245 g/mol. The minimum atomic E-state index is -0.901. The highest BCUT2D eigenvalue weighted by molar-refractivity contribution is 5.82. The predicted octanol–water partition coefficient (Wildman–Crippen LogP) is 2.38. The smallest absolute Gasteiger partial charge is 0.306 e. The molecule has 0 amide bonds. The van der Waals surface area contributed by atoms with Gasteiger partial charge in [-0.2, -0.15) is 0 Å². The SMILES string of the molecule is CC(CC(O)c1cccc2cccnc12)C(=O)O. The summed E-state index contributed by atoms with van der Waals surface area (Å²) in [6.45, 7) is 1.59. The molecular formula is C14H15NO3. The van der Waals surface area contributed by atoms with Crippen LogP contribution in [-0.4, -0.2) is 21.2 Å². The van der Waals surface area contributed by atoms with Crippen molar-refractivity contribution < 1.29 is 15.0 Å². The van der Waals surface area contributed by atoms with Crippen LogP contribution in [0.25, 0.3) is 10.9 Å². The van der Waals surface area contributed by atoms with Crippen molar-refractivity contribution in [3.8, 4) is 0 Å². The molecule has 0 aliphatic rings. The number of aliphatic hydroxyl groups is 1. The van der Waals surface area contributed by atoms with Crippen LogP contribution in [0.1, 0.15) is 25.0 Å². The minimum absolute atomic E-state index is 0.186. The van der Waals surface area contributed by atoms with E-state index >= 15 is 0 Å². The molecule has 0 aliphatic carbocycles. The van der Waals surface area contributed by atoms with Crippen molar-refractivity contribution in [1.82, 2.24) is 4.98 Å². The molecule has 1 aromatic carbocycles. The van der Waals surface area contributed by atoms with E-state index in [1.165, 1.54) is 0 Å². The van der Waals surface area contributed by atoms with Crippen LogP contribution in [-0.2, 0) is 4.79 Å². The van der Waals surface area contributed by atoms with Crippen LogP contribution in [0, 0.1) is 5.92 Å². The van der Waals surface area contributed by atoms with Gasteiger partial charge in [-0.15, -0.1) is 0 Å². The van der Waals surface area contributed by atoms with Crippen molar-refractivity contribution >= 4 is 16.9 Å². The first-order valence-corrected chi connectivity index (χ1v) is 5.84. The lowest BCUT2D eigenvalue weighted by atomic mass is 9.96. The molecule has 2 aromatic rings. The van der Waals surface area contributed by atoms with Gasteiger partial charge in [-0.3, -0.25) is 9.78 Å². The molecule has 2 atom stereocenters. The van der Waals surface area contributed by atoms with Gasteiger partial charge < -0.3 is 10.2 Å². The highest BCUT2D eigenvalue weighted by Crippen LogP contribution is 2.26. The summed E-state index contributed by atoms with van der Waals surface area (Å²) in [6, 6.07) is 9.29. The number of carboxylic acid groups (broad SMARTS) is 1. The van der Waals surface area contributed by atoms with Crippen LogP contribution in [0.3, 0.4) is 0 Å². The van der Waals surface area contributed by atoms with Gasteiger partial charge in [0.2, 0.25) is 0 Å². The normalized spacial score (nSPS) is 14.3. The Balaban J connectivity index is 2.33. The molecule has 1 heterocycles. The largest absolute Gasteiger partial charge is 0.481 e. The van der Waals surface area contributed by atoms with Gasteiger partial charge in [-0.1, -0.05) is 31.2 Å². The molecule has 1 aromatic heterocycles. The maximum Gasteiger partial charge on any atom is 0.306 e. The molecule has 0 bridgehead atoms. The molecule has 0 saturated heterocycles. The molecule has 0 spiro atoms. The predicted molar refractivity (Wildman–Crippen MR) is 68.1 cm³/mol. The van der Waals surface area contributed by atoms with Crippen LogP contribution in [0.2, 0.25) is 0 Å². The zero-order valence-electron chi connectivity index (χ0n) is 10.1. The Morgan fingerprint density at radius 3 is 2.78 bits per heavy atom. The number of pyridine rings is 1. The molecule has 0 radical (unpaired) electrons. The lowest BCUT2D eigenvalue weighted by Gasteiger charge is -2.15. The Bertz CT molecular complexity index is 562. The van der Waals surface area contributed by atoms with E-state index in [0.717, 1.165) is 10.9 Å². The summed E-state index contributed by atoms with van der Waals surface area (Å²) in [4.78, 5) is 15.0. The molecule has 2 rings (SSSR count). The monoisotopic (exact) mass is 245 g/mol. The van der Waals surface area contributed by atoms with E-state index in [0.29, 0.717) is 5.56 Å². The fourth-order valence-electron chi connectivity index (χ4n) is 1.96. The van der Waals surface area contributed by atoms with Gasteiger partial charge in [-0.25, -0.2) is 0 Å². The Kier molecular flexibility index (Phi) is 3.58. The quantitative estimate of drug-likeness (QED) is 0.867. The van der Waals surface area contributed by atoms with Gasteiger partial charge in [0.15, 0.2) is 0 Å². The van der Waals surface area contributed by atoms with Crippen molar-refractivity contribution in [2.24, 2.45) is 5.92 Å². The van der Waals surface area contributed by atoms with Gasteiger partial charge in [0, 0.05) is 17.1 Å². The second-order valence-corrected chi connectivity index (χ2v) is 4.41. The third-order valence-electron chi connectivity index (χ3n) is 3.02. The van der Waals surface area contributed by atoms with Gasteiger partial charge >= 0.3 is 5.97 Å². The lowest BCUT2D eigenvalue weighted by molar-refractivity contribution is -0.142. The summed E-state index contributed by atoms with van der Waals surface area (Å²) in [5.41, 5.74) is 1.41. The van der Waals surface area contributed by atoms with Crippen LogP contribution < -0.4 is 0 Å². The summed E-state index contributed by atoms with van der Waals surface area (Å²) >= 11 is 0. The number of hydrogen-bond acceptors (Lipinski definition) is 3. The summed E-state index contributed by atoms with van der Waals surface area (Å²) in [5.74, 6) is -1.48. The topological polar surface area (TPSA) is 70.4 Å². The molecule has 4 heteroatoms. The highest BCUT2D eigenvalue weighted by atomic mass is 16.4. The number of benzene rings is 1. The second kappa shape index (κ2) is 5.14. The van der Waals surface area contributed by atoms with E-state index in [-0.39, 0.29) is 6.42 Å². The van der Waals surface area contributed by atoms with Gasteiger partial charge in [0.05, 0.1) is 17.5 Å². The van der Waals surface area contributed by atoms with Crippen LogP contribution in [0.4, 0.5) is 0 Å². The van der Waals surface area contributed by atoms with Crippen molar-refractivity contribution in [2.75, 3.05) is 0 Å². The van der Waals surface area contributed by atoms with Crippen molar-refractivity contribution in [3.05, 3.63) is 42.1 Å². The molecule has 18 heavy (non-hydrogen) atoms. The molecule has 2 unspecified atom stereocenters. The second-order valence-electron chi connectivity index (χ2n) is 4.41. The van der Waals surface area contributed by atoms with Gasteiger partial charge in [0.1, 0.15) is 0 Å². The number of aliphatic hydroxyl groups excluding tert-OH is 1. The third-order valence-corrected chi connectivity index (χ3v) is 3.02. The van der Waals surface area contributed by atoms with Crippen LogP contribution in [0.15, 0.2) is 36.5 Å². The summed E-state index contributed by atoms with van der Waals surface area (Å²) in [5, 5.41) is 19.9. The minimum Gasteiger partial charge on any atom is -0.481 e. The Labute approximate surface area is 105 Å². The first-order chi connectivity index (χ1) is 8.59. The molecule has 94 valence electrons. The van der Waals surface area contributed by atoms with Crippen LogP contribution in [0.5, 0.6) is 0 Å². The van der Waals surface area contributed by atoms with Crippen molar-refractivity contribution in [3.63, 3.8) is 0 Å². The number of aliphatic carboxylic acids is 1. The number of carbonyl (C=O) groups is 1. The van der Waals surface area contributed by atoms with Gasteiger partial charge in [-0.05, 0) is 12.5 Å². The fourth-order valence-corrected chi connectivity index (χ4v) is 1.96. The van der Waals surface area contributed by atoms with E-state index in [9.17, 15) is 9.90 Å². The van der Waals surface area contributed by atoms with E-state index in [1.54, 1.807) is 19.2 Å². The van der Waals surface area contributed by atoms with E-state index in [4.69, 9.17) is 5.11 Å². The van der Waals surface area contributed by atoms with Gasteiger partial charge in [0.25, 0.3) is 0 Å². The Morgan fingerprint density at radius 2 is 2.06 bits per heavy atom. The zero-order valence-corrected chi connectivity index (χ0v) is 10.1. The summed E-state index contributed by atoms with van der Waals surface area (Å²) in [7, 11) is 0. The Hall–Kier alpha value is -1.94. The summed E-state index contributed by atoms with van der Waals surface area (Å²) in [6.07, 6.45) is 1.04. The third kappa shape index (κ3) is 2.49. The molecule has 0 aliphatic heterocycles. The number of hydrogen-bond donors (Lipinski definition) is 2. The van der Waals surface area contributed by atoms with E-state index in [2.05, 4.69) is 4.98 Å². The molecule has 4 nitrogen and oxygen atoms in total. The standard InChI is InChI=1S/C14H15NO3/c1-9(14(17)18)8-12(16)11-6-2-4-10-5-3-7-15-13(10)11/h2-7,9,12,16H,8H2,1H3,(H,17,18). The number of nitrogens with zero attached hydrogens (tertiary/aromatic N) is 1. The zero-order chi connectivity index (χ0) is 13.1. The number of aromatic nitrogens is 1. The maximum absolute atomic E-state index is 10.8. The number of rotatable bonds is 4. The molecule has 0 fully saturated rings. The fraction of sp³-hybridized carbons (Fsp3) is 0.286. The van der Waals surface area contributed by atoms with Crippen molar-refractivity contribution in [2.45, 2.75) is 19.4 Å². The lowest BCUT2D eigenvalue weighted by Crippen LogP contribution is -2.14.